The summed E-state index contributed by atoms with van der Waals surface area (Å²) in [6, 6.07) is 4.28. The highest BCUT2D eigenvalue weighted by Crippen LogP contribution is 2.38. The molecule has 0 unspecified atom stereocenters. The quantitative estimate of drug-likeness (QED) is 0.323. The number of benzene rings is 1. The van der Waals surface area contributed by atoms with Gasteiger partial charge in [-0.15, -0.1) is 24.0 Å². The molecule has 0 amide bonds. The molecule has 1 aromatic rings. The molecule has 0 spiro atoms. The third kappa shape index (κ3) is 6.57. The van der Waals surface area contributed by atoms with Crippen LogP contribution in [0.3, 0.4) is 0 Å². The van der Waals surface area contributed by atoms with Gasteiger partial charge in [0.05, 0.1) is 11.1 Å². The zero-order valence-corrected chi connectivity index (χ0v) is 18.8. The topological polar surface area (TPSA) is 75.1 Å². The van der Waals surface area contributed by atoms with Crippen LogP contribution in [-0.4, -0.2) is 49.5 Å². The minimum atomic E-state index is -0.146. The lowest BCUT2D eigenvalue weighted by molar-refractivity contribution is 0.120. The third-order valence-corrected chi connectivity index (χ3v) is 4.99. The molecule has 0 aromatic heterocycles. The number of hydrogen-bond donors (Lipinski definition) is 3. The lowest BCUT2D eigenvalue weighted by atomic mass is 9.93. The van der Waals surface area contributed by atoms with Crippen molar-refractivity contribution in [3.05, 3.63) is 22.7 Å². The largest absolute Gasteiger partial charge is 0.486 e. The van der Waals surface area contributed by atoms with E-state index < -0.39 is 0 Å². The van der Waals surface area contributed by atoms with E-state index in [1.54, 1.807) is 0 Å². The summed E-state index contributed by atoms with van der Waals surface area (Å²) in [5, 5.41) is 17.0. The molecule has 0 atom stereocenters. The van der Waals surface area contributed by atoms with E-state index in [0.717, 1.165) is 50.2 Å². The van der Waals surface area contributed by atoms with Crippen LogP contribution in [0.1, 0.15) is 38.2 Å². The first kappa shape index (κ1) is 22.4. The Morgan fingerprint density at radius 1 is 1.22 bits per heavy atom. The molecule has 1 saturated carbocycles. The van der Waals surface area contributed by atoms with Crippen molar-refractivity contribution < 1.29 is 14.6 Å². The Morgan fingerprint density at radius 2 is 1.96 bits per heavy atom. The summed E-state index contributed by atoms with van der Waals surface area (Å²) in [5.41, 5.74) is 1.08. The van der Waals surface area contributed by atoms with Crippen molar-refractivity contribution in [3.63, 3.8) is 0 Å². The Kier molecular flexibility index (Phi) is 9.25. The van der Waals surface area contributed by atoms with Gasteiger partial charge in [0.15, 0.2) is 17.5 Å². The summed E-state index contributed by atoms with van der Waals surface area (Å²) in [6.45, 7) is 4.61. The first-order chi connectivity index (χ1) is 12.7. The number of aliphatic hydroxyl groups is 1. The van der Waals surface area contributed by atoms with E-state index in [4.69, 9.17) is 21.1 Å². The second-order valence-electron chi connectivity index (χ2n) is 6.76. The maximum absolute atomic E-state index is 9.64. The molecule has 2 aliphatic rings. The molecule has 1 aliphatic carbocycles. The smallest absolute Gasteiger partial charge is 0.191 e. The lowest BCUT2D eigenvalue weighted by Gasteiger charge is -2.27. The molecule has 1 fully saturated rings. The zero-order valence-electron chi connectivity index (χ0n) is 15.7. The standard InChI is InChI=1S/C19H28ClN3O3.HI/c1-2-21-19(23-14-3-5-15(24)6-4-14)22-8-7-13-11-16(20)18-17(12-13)25-9-10-26-18;/h11-12,14-15,24H,2-10H2,1H3,(H2,21,22,23);1H. The number of halogens is 2. The normalized spacial score (nSPS) is 22.0. The fraction of sp³-hybridized carbons (Fsp3) is 0.632. The molecule has 0 bridgehead atoms. The number of nitrogens with one attached hydrogen (secondary N) is 2. The van der Waals surface area contributed by atoms with E-state index >= 15 is 0 Å². The lowest BCUT2D eigenvalue weighted by Crippen LogP contribution is -2.45. The molecule has 3 N–H and O–H groups in total. The first-order valence-electron chi connectivity index (χ1n) is 9.46. The van der Waals surface area contributed by atoms with Crippen molar-refractivity contribution in [2.24, 2.45) is 4.99 Å². The molecule has 0 saturated heterocycles. The van der Waals surface area contributed by atoms with E-state index in [2.05, 4.69) is 22.5 Å². The number of fused-ring (bicyclic) bond motifs is 1. The second-order valence-corrected chi connectivity index (χ2v) is 7.17. The Balaban J connectivity index is 0.00000261. The molecule has 3 rings (SSSR count). The van der Waals surface area contributed by atoms with Gasteiger partial charge in [-0.2, -0.15) is 0 Å². The molecule has 0 radical (unpaired) electrons. The fourth-order valence-electron chi connectivity index (χ4n) is 3.34. The van der Waals surface area contributed by atoms with Gasteiger partial charge in [-0.25, -0.2) is 0 Å². The van der Waals surface area contributed by atoms with Crippen LogP contribution in [0.25, 0.3) is 0 Å². The van der Waals surface area contributed by atoms with Gasteiger partial charge >= 0.3 is 0 Å². The van der Waals surface area contributed by atoms with Crippen LogP contribution >= 0.6 is 35.6 Å². The van der Waals surface area contributed by atoms with Gasteiger partial charge in [-0.1, -0.05) is 11.6 Å². The van der Waals surface area contributed by atoms with E-state index in [0.29, 0.717) is 42.3 Å². The van der Waals surface area contributed by atoms with Gasteiger partial charge in [-0.05, 0) is 56.7 Å². The number of aliphatic hydroxyl groups excluding tert-OH is 1. The van der Waals surface area contributed by atoms with E-state index in [-0.39, 0.29) is 30.1 Å². The number of hydrogen-bond acceptors (Lipinski definition) is 4. The van der Waals surface area contributed by atoms with Gasteiger partial charge in [0.2, 0.25) is 0 Å². The van der Waals surface area contributed by atoms with Gasteiger partial charge in [0.1, 0.15) is 13.2 Å². The van der Waals surface area contributed by atoms with Crippen LogP contribution in [0.4, 0.5) is 0 Å². The predicted molar refractivity (Wildman–Crippen MR) is 119 cm³/mol. The molecular formula is C19H29ClIN3O3. The summed E-state index contributed by atoms with van der Waals surface area (Å²) in [4.78, 5) is 4.68. The van der Waals surface area contributed by atoms with Crippen molar-refractivity contribution >= 4 is 41.5 Å². The van der Waals surface area contributed by atoms with Crippen LogP contribution < -0.4 is 20.1 Å². The Morgan fingerprint density at radius 3 is 2.70 bits per heavy atom. The van der Waals surface area contributed by atoms with E-state index in [1.165, 1.54) is 0 Å². The monoisotopic (exact) mass is 509 g/mol. The summed E-state index contributed by atoms with van der Waals surface area (Å²) in [5.74, 6) is 2.19. The van der Waals surface area contributed by atoms with Crippen molar-refractivity contribution in [2.75, 3.05) is 26.3 Å². The SMILES string of the molecule is CCNC(=NCCc1cc(Cl)c2c(c1)OCCO2)NC1CCC(O)CC1.I. The highest BCUT2D eigenvalue weighted by molar-refractivity contribution is 14.0. The summed E-state index contributed by atoms with van der Waals surface area (Å²) in [6.07, 6.45) is 4.29. The Labute approximate surface area is 183 Å². The number of rotatable bonds is 5. The summed E-state index contributed by atoms with van der Waals surface area (Å²) >= 11 is 6.29. The van der Waals surface area contributed by atoms with Gasteiger partial charge < -0.3 is 25.2 Å². The van der Waals surface area contributed by atoms with Crippen LogP contribution in [0.15, 0.2) is 17.1 Å². The highest BCUT2D eigenvalue weighted by Gasteiger charge is 2.20. The Bertz CT molecular complexity index is 637. The van der Waals surface area contributed by atoms with Crippen LogP contribution in [0, 0.1) is 0 Å². The number of guanidine groups is 1. The summed E-state index contributed by atoms with van der Waals surface area (Å²) < 4.78 is 11.2. The van der Waals surface area contributed by atoms with E-state index in [9.17, 15) is 5.11 Å². The minimum Gasteiger partial charge on any atom is -0.486 e. The first-order valence-corrected chi connectivity index (χ1v) is 9.84. The van der Waals surface area contributed by atoms with Gasteiger partial charge in [-0.3, -0.25) is 4.99 Å². The molecule has 1 aliphatic heterocycles. The second kappa shape index (κ2) is 11.2. The molecule has 1 heterocycles. The van der Waals surface area contributed by atoms with Crippen molar-refractivity contribution in [2.45, 2.75) is 51.2 Å². The maximum Gasteiger partial charge on any atom is 0.191 e. The third-order valence-electron chi connectivity index (χ3n) is 4.71. The molecule has 8 heteroatoms. The number of nitrogens with zero attached hydrogens (tertiary/aromatic N) is 1. The Hall–Kier alpha value is -0.930. The van der Waals surface area contributed by atoms with Gasteiger partial charge in [0.25, 0.3) is 0 Å². The van der Waals surface area contributed by atoms with Crippen LogP contribution in [-0.2, 0) is 6.42 Å². The van der Waals surface area contributed by atoms with Crippen LogP contribution in [0.5, 0.6) is 11.5 Å². The molecular weight excluding hydrogens is 481 g/mol. The van der Waals surface area contributed by atoms with Crippen LogP contribution in [0.2, 0.25) is 5.02 Å². The highest BCUT2D eigenvalue weighted by atomic mass is 127. The predicted octanol–water partition coefficient (Wildman–Crippen LogP) is 3.13. The molecule has 1 aromatic carbocycles. The number of aliphatic imine (C=N–C) groups is 1. The van der Waals surface area contributed by atoms with E-state index in [1.807, 2.05) is 12.1 Å². The molecule has 27 heavy (non-hydrogen) atoms. The van der Waals surface area contributed by atoms with Crippen molar-refractivity contribution in [3.8, 4) is 11.5 Å². The maximum atomic E-state index is 9.64. The van der Waals surface area contributed by atoms with Gasteiger partial charge in [0, 0.05) is 19.1 Å². The summed E-state index contributed by atoms with van der Waals surface area (Å²) in [7, 11) is 0. The average molecular weight is 510 g/mol. The molecule has 152 valence electrons. The zero-order chi connectivity index (χ0) is 18.4. The molecule has 6 nitrogen and oxygen atoms in total. The minimum absolute atomic E-state index is 0. The number of ether oxygens (including phenoxy) is 2. The van der Waals surface area contributed by atoms with Crippen molar-refractivity contribution in [1.82, 2.24) is 10.6 Å². The average Bonchev–Trinajstić information content (AvgIpc) is 2.64. The fourth-order valence-corrected chi connectivity index (χ4v) is 3.63. The van der Waals surface area contributed by atoms with Crippen molar-refractivity contribution in [1.29, 1.82) is 0 Å².